The summed E-state index contributed by atoms with van der Waals surface area (Å²) in [5, 5.41) is 0. The molecule has 28 heavy (non-hydrogen) atoms. The van der Waals surface area contributed by atoms with Crippen LogP contribution in [0.2, 0.25) is 0 Å². The monoisotopic (exact) mass is 406 g/mol. The molecule has 7 atom stereocenters. The van der Waals surface area contributed by atoms with Gasteiger partial charge in [-0.1, -0.05) is 19.9 Å². The molecule has 1 heterocycles. The molecule has 152 valence electrons. The third-order valence-corrected chi connectivity index (χ3v) is 9.22. The second-order valence-electron chi connectivity index (χ2n) is 9.94. The molecule has 3 unspecified atom stereocenters. The fourth-order valence-corrected chi connectivity index (χ4v) is 7.90. The summed E-state index contributed by atoms with van der Waals surface area (Å²) in [6.45, 7) is 6.69. The van der Waals surface area contributed by atoms with Gasteiger partial charge in [-0.05, 0) is 61.9 Å². The summed E-state index contributed by atoms with van der Waals surface area (Å²) in [5.41, 5.74) is -0.967. The van der Waals surface area contributed by atoms with Crippen LogP contribution in [-0.2, 0) is 23.9 Å². The Morgan fingerprint density at radius 1 is 1.21 bits per heavy atom. The average Bonchev–Trinajstić information content (AvgIpc) is 2.69. The van der Waals surface area contributed by atoms with Gasteiger partial charge in [-0.15, -0.1) is 11.6 Å². The van der Waals surface area contributed by atoms with E-state index in [4.69, 9.17) is 21.1 Å². The Morgan fingerprint density at radius 3 is 2.75 bits per heavy atom. The number of ether oxygens (including phenoxy) is 2. The van der Waals surface area contributed by atoms with Crippen molar-refractivity contribution in [2.45, 2.75) is 58.0 Å². The molecule has 0 aromatic rings. The number of fused-ring (bicyclic) bond motifs is 2. The van der Waals surface area contributed by atoms with Gasteiger partial charge in [0.05, 0.1) is 17.4 Å². The second-order valence-corrected chi connectivity index (χ2v) is 10.2. The number of alkyl halides is 1. The standard InChI is InChI=1S/C22H27ClO5/c1-12-13-4-7-22(18(12)25)15(8-13)21-6-3-5-20(2,11-27-19(21)26)14(21)9-16(22)28-17(24)10-23/h13-16H,1,3-11H2,2H3/t13-,14?,15?,16+,20-,21?,22+/m0/s1. The Morgan fingerprint density at radius 2 is 2.00 bits per heavy atom. The molecular formula is C22H27ClO5. The van der Waals surface area contributed by atoms with Crippen LogP contribution in [0.4, 0.5) is 0 Å². The van der Waals surface area contributed by atoms with Crippen molar-refractivity contribution in [2.24, 2.45) is 34.0 Å². The van der Waals surface area contributed by atoms with E-state index in [9.17, 15) is 14.4 Å². The van der Waals surface area contributed by atoms with E-state index >= 15 is 0 Å². The first-order chi connectivity index (χ1) is 13.3. The van der Waals surface area contributed by atoms with Gasteiger partial charge in [0.1, 0.15) is 12.0 Å². The van der Waals surface area contributed by atoms with Crippen LogP contribution in [0.15, 0.2) is 12.2 Å². The van der Waals surface area contributed by atoms with E-state index in [1.165, 1.54) is 0 Å². The van der Waals surface area contributed by atoms with Crippen LogP contribution in [-0.4, -0.2) is 36.3 Å². The average molecular weight is 407 g/mol. The van der Waals surface area contributed by atoms with Gasteiger partial charge >= 0.3 is 11.9 Å². The van der Waals surface area contributed by atoms with Gasteiger partial charge in [-0.3, -0.25) is 14.4 Å². The summed E-state index contributed by atoms with van der Waals surface area (Å²) in [6, 6.07) is 0. The molecule has 1 aliphatic heterocycles. The zero-order chi connectivity index (χ0) is 19.9. The summed E-state index contributed by atoms with van der Waals surface area (Å²) in [6.07, 6.45) is 5.02. The highest BCUT2D eigenvalue weighted by Gasteiger charge is 2.76. The number of esters is 2. The molecule has 6 heteroatoms. The highest BCUT2D eigenvalue weighted by molar-refractivity contribution is 6.26. The first-order valence-corrected chi connectivity index (χ1v) is 11.0. The molecule has 0 N–H and O–H groups in total. The number of carbonyl (C=O) groups excluding carboxylic acids is 3. The van der Waals surface area contributed by atoms with Crippen molar-refractivity contribution in [3.8, 4) is 0 Å². The van der Waals surface area contributed by atoms with E-state index in [0.29, 0.717) is 25.0 Å². The van der Waals surface area contributed by atoms with Crippen molar-refractivity contribution in [3.05, 3.63) is 12.2 Å². The van der Waals surface area contributed by atoms with Gasteiger partial charge in [0.25, 0.3) is 0 Å². The Bertz CT molecular complexity index is 792. The lowest BCUT2D eigenvalue weighted by Gasteiger charge is -2.69. The van der Waals surface area contributed by atoms with Gasteiger partial charge in [0.15, 0.2) is 5.78 Å². The zero-order valence-corrected chi connectivity index (χ0v) is 17.1. The number of carbonyl (C=O) groups is 3. The summed E-state index contributed by atoms with van der Waals surface area (Å²) < 4.78 is 11.6. The molecule has 0 amide bonds. The fraction of sp³-hybridized carbons (Fsp3) is 0.773. The maximum Gasteiger partial charge on any atom is 0.321 e. The fourth-order valence-electron chi connectivity index (χ4n) is 7.83. The molecule has 5 nitrogen and oxygen atoms in total. The van der Waals surface area contributed by atoms with Gasteiger partial charge < -0.3 is 9.47 Å². The first kappa shape index (κ1) is 18.7. The quantitative estimate of drug-likeness (QED) is 0.399. The van der Waals surface area contributed by atoms with Crippen LogP contribution in [0.5, 0.6) is 0 Å². The third-order valence-electron chi connectivity index (χ3n) is 9.00. The van der Waals surface area contributed by atoms with E-state index in [0.717, 1.165) is 32.1 Å². The maximum absolute atomic E-state index is 13.6. The largest absolute Gasteiger partial charge is 0.465 e. The maximum atomic E-state index is 13.6. The first-order valence-electron chi connectivity index (χ1n) is 10.5. The molecule has 0 aromatic carbocycles. The van der Waals surface area contributed by atoms with Crippen molar-refractivity contribution < 1.29 is 23.9 Å². The SMILES string of the molecule is C=C1C(=O)[C@]23CC[C@H]1CC2C12CCC[C@@](C)(COC1=O)C2C[C@H]3OC(=O)CCl. The smallest absolute Gasteiger partial charge is 0.321 e. The van der Waals surface area contributed by atoms with Gasteiger partial charge in [-0.25, -0.2) is 0 Å². The van der Waals surface area contributed by atoms with E-state index in [2.05, 4.69) is 13.5 Å². The number of hydrogen-bond donors (Lipinski definition) is 0. The van der Waals surface area contributed by atoms with E-state index in [1.807, 2.05) is 0 Å². The number of cyclic esters (lactones) is 1. The molecule has 0 radical (unpaired) electrons. The van der Waals surface area contributed by atoms with Gasteiger partial charge in [0, 0.05) is 5.41 Å². The van der Waals surface area contributed by atoms with Crippen LogP contribution in [0.1, 0.15) is 51.9 Å². The normalized spacial score (nSPS) is 49.1. The van der Waals surface area contributed by atoms with Crippen molar-refractivity contribution in [1.82, 2.24) is 0 Å². The summed E-state index contributed by atoms with van der Waals surface area (Å²) in [7, 11) is 0. The molecular weight excluding hydrogens is 380 g/mol. The summed E-state index contributed by atoms with van der Waals surface area (Å²) in [4.78, 5) is 39.1. The Balaban J connectivity index is 1.69. The molecule has 1 spiro atoms. The number of halogens is 1. The summed E-state index contributed by atoms with van der Waals surface area (Å²) >= 11 is 5.74. The van der Waals surface area contributed by atoms with Crippen LogP contribution in [0.3, 0.4) is 0 Å². The molecule has 1 saturated heterocycles. The summed E-state index contributed by atoms with van der Waals surface area (Å²) in [5.74, 6) is -0.798. The minimum atomic E-state index is -0.849. The number of ketones is 1. The van der Waals surface area contributed by atoms with Gasteiger partial charge in [-0.2, -0.15) is 0 Å². The topological polar surface area (TPSA) is 69.7 Å². The molecule has 6 rings (SSSR count). The van der Waals surface area contributed by atoms with E-state index in [1.54, 1.807) is 0 Å². The molecule has 6 fully saturated rings. The lowest BCUT2D eigenvalue weighted by atomic mass is 9.35. The van der Waals surface area contributed by atoms with Crippen molar-refractivity contribution in [2.75, 3.05) is 12.5 Å². The molecule has 4 bridgehead atoms. The number of rotatable bonds is 2. The predicted octanol–water partition coefficient (Wildman–Crippen LogP) is 3.43. The van der Waals surface area contributed by atoms with E-state index < -0.39 is 22.9 Å². The lowest BCUT2D eigenvalue weighted by Crippen LogP contribution is -2.73. The number of hydrogen-bond acceptors (Lipinski definition) is 5. The van der Waals surface area contributed by atoms with Crippen molar-refractivity contribution in [1.29, 1.82) is 0 Å². The van der Waals surface area contributed by atoms with E-state index in [-0.39, 0.29) is 40.8 Å². The van der Waals surface area contributed by atoms with Crippen molar-refractivity contribution in [3.63, 3.8) is 0 Å². The molecule has 6 aliphatic rings. The van der Waals surface area contributed by atoms with Gasteiger partial charge in [0.2, 0.25) is 0 Å². The molecule has 0 aromatic heterocycles. The van der Waals surface area contributed by atoms with Crippen LogP contribution in [0.25, 0.3) is 0 Å². The Labute approximate surface area is 170 Å². The Kier molecular flexibility index (Phi) is 3.89. The molecule has 5 saturated carbocycles. The molecule has 5 aliphatic carbocycles. The minimum Gasteiger partial charge on any atom is -0.465 e. The lowest BCUT2D eigenvalue weighted by molar-refractivity contribution is -0.257. The van der Waals surface area contributed by atoms with Crippen LogP contribution >= 0.6 is 11.6 Å². The highest BCUT2D eigenvalue weighted by Crippen LogP contribution is 2.73. The number of allylic oxidation sites excluding steroid dienone is 1. The Hall–Kier alpha value is -1.36. The predicted molar refractivity (Wildman–Crippen MR) is 101 cm³/mol. The number of Topliss-reactive ketones (excluding diaryl/α,β-unsaturated/α-hetero) is 1. The zero-order valence-electron chi connectivity index (χ0n) is 16.3. The minimum absolute atomic E-state index is 0.00541. The van der Waals surface area contributed by atoms with Crippen LogP contribution in [0, 0.1) is 34.0 Å². The second kappa shape index (κ2) is 5.84. The highest BCUT2D eigenvalue weighted by atomic mass is 35.5. The van der Waals surface area contributed by atoms with Crippen LogP contribution < -0.4 is 0 Å². The third kappa shape index (κ3) is 2.02. The van der Waals surface area contributed by atoms with Crippen molar-refractivity contribution >= 4 is 29.3 Å².